The zero-order valence-corrected chi connectivity index (χ0v) is 10.2. The van der Waals surface area contributed by atoms with Crippen molar-refractivity contribution in [3.63, 3.8) is 0 Å². The van der Waals surface area contributed by atoms with Crippen LogP contribution in [0.15, 0.2) is 18.3 Å². The molecule has 0 fully saturated rings. The third-order valence-electron chi connectivity index (χ3n) is 2.74. The van der Waals surface area contributed by atoms with Crippen LogP contribution in [0.25, 0.3) is 0 Å². The number of rotatable bonds is 4. The van der Waals surface area contributed by atoms with E-state index < -0.39 is 11.4 Å². The Morgan fingerprint density at radius 2 is 2.06 bits per heavy atom. The molecule has 1 amide bonds. The summed E-state index contributed by atoms with van der Waals surface area (Å²) in [6.07, 6.45) is 2.06. The van der Waals surface area contributed by atoms with Gasteiger partial charge in [-0.1, -0.05) is 20.8 Å². The first kappa shape index (κ1) is 13.2. The Kier molecular flexibility index (Phi) is 3.83. The lowest BCUT2D eigenvalue weighted by molar-refractivity contribution is -0.124. The van der Waals surface area contributed by atoms with Crippen molar-refractivity contribution in [3.8, 4) is 0 Å². The SMILES string of the molecule is CCC(C)(C)C(=O)Nc1ccc(C(=O)O)nc1. The van der Waals surface area contributed by atoms with Crippen LogP contribution in [0, 0.1) is 5.41 Å². The Morgan fingerprint density at radius 3 is 2.47 bits per heavy atom. The number of hydrogen-bond acceptors (Lipinski definition) is 3. The van der Waals surface area contributed by atoms with Gasteiger partial charge < -0.3 is 10.4 Å². The average Bonchev–Trinajstić information content (AvgIpc) is 2.29. The molecule has 1 aromatic heterocycles. The zero-order valence-electron chi connectivity index (χ0n) is 10.2. The van der Waals surface area contributed by atoms with Crippen molar-refractivity contribution in [3.05, 3.63) is 24.0 Å². The lowest BCUT2D eigenvalue weighted by Crippen LogP contribution is -2.30. The van der Waals surface area contributed by atoms with Gasteiger partial charge in [0.05, 0.1) is 11.9 Å². The molecule has 1 rings (SSSR count). The van der Waals surface area contributed by atoms with Gasteiger partial charge in [-0.3, -0.25) is 4.79 Å². The quantitative estimate of drug-likeness (QED) is 0.839. The number of amides is 1. The molecule has 5 heteroatoms. The molecule has 92 valence electrons. The lowest BCUT2D eigenvalue weighted by atomic mass is 9.89. The summed E-state index contributed by atoms with van der Waals surface area (Å²) < 4.78 is 0. The van der Waals surface area contributed by atoms with E-state index in [1.807, 2.05) is 20.8 Å². The minimum atomic E-state index is -1.09. The first-order valence-corrected chi connectivity index (χ1v) is 5.37. The molecule has 1 heterocycles. The van der Waals surface area contributed by atoms with Gasteiger partial charge in [-0.2, -0.15) is 0 Å². The number of carbonyl (C=O) groups excluding carboxylic acids is 1. The Balaban J connectivity index is 2.76. The van der Waals surface area contributed by atoms with Crippen LogP contribution in [0.5, 0.6) is 0 Å². The largest absolute Gasteiger partial charge is 0.477 e. The number of hydrogen-bond donors (Lipinski definition) is 2. The normalized spacial score (nSPS) is 11.0. The topological polar surface area (TPSA) is 79.3 Å². The van der Waals surface area contributed by atoms with Crippen LogP contribution in [0.2, 0.25) is 0 Å². The molecule has 0 aliphatic heterocycles. The van der Waals surface area contributed by atoms with Crippen LogP contribution in [-0.4, -0.2) is 22.0 Å². The van der Waals surface area contributed by atoms with E-state index in [1.165, 1.54) is 18.3 Å². The maximum atomic E-state index is 11.8. The monoisotopic (exact) mass is 236 g/mol. The number of aromatic nitrogens is 1. The van der Waals surface area contributed by atoms with Crippen molar-refractivity contribution in [2.75, 3.05) is 5.32 Å². The number of carboxylic acids is 1. The molecule has 0 aliphatic rings. The summed E-state index contributed by atoms with van der Waals surface area (Å²) in [7, 11) is 0. The molecule has 0 atom stereocenters. The van der Waals surface area contributed by atoms with Crippen molar-refractivity contribution < 1.29 is 14.7 Å². The first-order valence-electron chi connectivity index (χ1n) is 5.37. The highest BCUT2D eigenvalue weighted by Crippen LogP contribution is 2.21. The molecular weight excluding hydrogens is 220 g/mol. The van der Waals surface area contributed by atoms with Crippen LogP contribution in [0.4, 0.5) is 5.69 Å². The number of nitrogens with one attached hydrogen (secondary N) is 1. The fraction of sp³-hybridized carbons (Fsp3) is 0.417. The fourth-order valence-electron chi connectivity index (χ4n) is 1.06. The van der Waals surface area contributed by atoms with Crippen LogP contribution < -0.4 is 5.32 Å². The predicted octanol–water partition coefficient (Wildman–Crippen LogP) is 2.15. The molecule has 0 spiro atoms. The molecule has 0 aliphatic carbocycles. The van der Waals surface area contributed by atoms with E-state index in [-0.39, 0.29) is 11.6 Å². The highest BCUT2D eigenvalue weighted by atomic mass is 16.4. The minimum Gasteiger partial charge on any atom is -0.477 e. The number of nitrogens with zero attached hydrogens (tertiary/aromatic N) is 1. The van der Waals surface area contributed by atoms with Gasteiger partial charge in [-0.05, 0) is 18.6 Å². The number of carboxylic acid groups (broad SMARTS) is 1. The van der Waals surface area contributed by atoms with E-state index in [2.05, 4.69) is 10.3 Å². The first-order chi connectivity index (χ1) is 7.86. The third kappa shape index (κ3) is 3.27. The summed E-state index contributed by atoms with van der Waals surface area (Å²) in [5, 5.41) is 11.4. The molecule has 0 saturated carbocycles. The second-order valence-electron chi connectivity index (χ2n) is 4.43. The van der Waals surface area contributed by atoms with Crippen molar-refractivity contribution in [2.45, 2.75) is 27.2 Å². The lowest BCUT2D eigenvalue weighted by Gasteiger charge is -2.21. The van der Waals surface area contributed by atoms with Crippen molar-refractivity contribution in [1.29, 1.82) is 0 Å². The van der Waals surface area contributed by atoms with E-state index in [0.717, 1.165) is 6.42 Å². The number of carbonyl (C=O) groups is 2. The van der Waals surface area contributed by atoms with E-state index in [9.17, 15) is 9.59 Å². The molecule has 0 aromatic carbocycles. The molecule has 1 aromatic rings. The Morgan fingerprint density at radius 1 is 1.41 bits per heavy atom. The van der Waals surface area contributed by atoms with Crippen molar-refractivity contribution in [2.24, 2.45) is 5.41 Å². The second kappa shape index (κ2) is 4.95. The van der Waals surface area contributed by atoms with E-state index >= 15 is 0 Å². The minimum absolute atomic E-state index is 0.0437. The smallest absolute Gasteiger partial charge is 0.354 e. The number of anilines is 1. The van der Waals surface area contributed by atoms with Gasteiger partial charge in [-0.15, -0.1) is 0 Å². The number of pyridine rings is 1. The molecule has 0 bridgehead atoms. The molecule has 0 radical (unpaired) electrons. The van der Waals surface area contributed by atoms with Gasteiger partial charge in [0.1, 0.15) is 5.69 Å². The number of aromatic carboxylic acids is 1. The summed E-state index contributed by atoms with van der Waals surface area (Å²) in [5.74, 6) is -1.19. The maximum absolute atomic E-state index is 11.8. The summed E-state index contributed by atoms with van der Waals surface area (Å²) >= 11 is 0. The fourth-order valence-corrected chi connectivity index (χ4v) is 1.06. The summed E-state index contributed by atoms with van der Waals surface area (Å²) in [6.45, 7) is 5.63. The van der Waals surface area contributed by atoms with Gasteiger partial charge >= 0.3 is 5.97 Å². The van der Waals surface area contributed by atoms with Crippen LogP contribution >= 0.6 is 0 Å². The van der Waals surface area contributed by atoms with Crippen molar-refractivity contribution >= 4 is 17.6 Å². The predicted molar refractivity (Wildman–Crippen MR) is 63.9 cm³/mol. The van der Waals surface area contributed by atoms with E-state index in [4.69, 9.17) is 5.11 Å². The van der Waals surface area contributed by atoms with E-state index in [1.54, 1.807) is 0 Å². The molecule has 17 heavy (non-hydrogen) atoms. The van der Waals surface area contributed by atoms with Gasteiger partial charge in [0.2, 0.25) is 5.91 Å². The Hall–Kier alpha value is -1.91. The van der Waals surface area contributed by atoms with Crippen molar-refractivity contribution in [1.82, 2.24) is 4.98 Å². The van der Waals surface area contributed by atoms with Gasteiger partial charge in [0, 0.05) is 5.41 Å². The third-order valence-corrected chi connectivity index (χ3v) is 2.74. The molecular formula is C12H16N2O3. The summed E-state index contributed by atoms with van der Waals surface area (Å²) in [5.41, 5.74) is 0.00476. The van der Waals surface area contributed by atoms with Gasteiger partial charge in [0.25, 0.3) is 0 Å². The maximum Gasteiger partial charge on any atom is 0.354 e. The highest BCUT2D eigenvalue weighted by Gasteiger charge is 2.25. The summed E-state index contributed by atoms with van der Waals surface area (Å²) in [4.78, 5) is 26.1. The Labute approximate surface area is 99.9 Å². The van der Waals surface area contributed by atoms with Crippen LogP contribution in [-0.2, 0) is 4.79 Å². The second-order valence-corrected chi connectivity index (χ2v) is 4.43. The van der Waals surface area contributed by atoms with Gasteiger partial charge in [-0.25, -0.2) is 9.78 Å². The molecule has 2 N–H and O–H groups in total. The zero-order chi connectivity index (χ0) is 13.1. The average molecular weight is 236 g/mol. The highest BCUT2D eigenvalue weighted by molar-refractivity contribution is 5.95. The van der Waals surface area contributed by atoms with E-state index in [0.29, 0.717) is 5.69 Å². The Bertz CT molecular complexity index is 424. The summed E-state index contributed by atoms with van der Waals surface area (Å²) in [6, 6.07) is 2.89. The molecule has 0 unspecified atom stereocenters. The van der Waals surface area contributed by atoms with Crippen LogP contribution in [0.1, 0.15) is 37.7 Å². The standard InChI is InChI=1S/C12H16N2O3/c1-4-12(2,3)11(17)14-8-5-6-9(10(15)16)13-7-8/h5-7H,4H2,1-3H3,(H,14,17)(H,15,16). The molecule has 5 nitrogen and oxygen atoms in total. The molecule has 0 saturated heterocycles. The van der Waals surface area contributed by atoms with Gasteiger partial charge in [0.15, 0.2) is 0 Å². The van der Waals surface area contributed by atoms with Crippen LogP contribution in [0.3, 0.4) is 0 Å².